The van der Waals surface area contributed by atoms with E-state index in [0.29, 0.717) is 12.2 Å². The highest BCUT2D eigenvalue weighted by atomic mass is 19.4. The van der Waals surface area contributed by atoms with E-state index in [1.807, 2.05) is 13.8 Å². The predicted octanol–water partition coefficient (Wildman–Crippen LogP) is 3.56. The molecule has 0 fully saturated rings. The van der Waals surface area contributed by atoms with Gasteiger partial charge in [0.1, 0.15) is 0 Å². The number of hydrogen-bond acceptors (Lipinski definition) is 1. The summed E-state index contributed by atoms with van der Waals surface area (Å²) in [6, 6.07) is 0. The lowest BCUT2D eigenvalue weighted by Gasteiger charge is -2.06. The zero-order valence-corrected chi connectivity index (χ0v) is 9.15. The van der Waals surface area contributed by atoms with Crippen molar-refractivity contribution < 1.29 is 13.2 Å². The van der Waals surface area contributed by atoms with E-state index < -0.39 is 11.7 Å². The Balaban J connectivity index is 4.70. The number of halogens is 3. The summed E-state index contributed by atoms with van der Waals surface area (Å²) < 4.78 is 36.4. The topological polar surface area (TPSA) is 12.0 Å². The van der Waals surface area contributed by atoms with E-state index in [4.69, 9.17) is 0 Å². The number of likely N-dealkylation sites (N-methyl/N-ethyl adjacent to an activating group) is 1. The molecule has 0 aliphatic heterocycles. The number of allylic oxidation sites excluding steroid dienone is 5. The highest BCUT2D eigenvalue weighted by Gasteiger charge is 2.29. The van der Waals surface area contributed by atoms with E-state index in [-0.39, 0.29) is 0 Å². The highest BCUT2D eigenvalue weighted by Crippen LogP contribution is 2.24. The zero-order chi connectivity index (χ0) is 11.9. The fourth-order valence-corrected chi connectivity index (χ4v) is 0.866. The maximum atomic E-state index is 12.1. The van der Waals surface area contributed by atoms with Crippen LogP contribution in [0.1, 0.15) is 20.8 Å². The molecule has 0 aliphatic carbocycles. The first kappa shape index (κ1) is 13.8. The third kappa shape index (κ3) is 5.99. The summed E-state index contributed by atoms with van der Waals surface area (Å²) in [5.74, 6) is 0. The first-order valence-electron chi connectivity index (χ1n) is 4.74. The predicted molar refractivity (Wildman–Crippen MR) is 56.4 cm³/mol. The fourth-order valence-electron chi connectivity index (χ4n) is 0.866. The van der Waals surface area contributed by atoms with Crippen LogP contribution in [-0.4, -0.2) is 12.7 Å². The Hall–Kier alpha value is -1.19. The fraction of sp³-hybridized carbons (Fsp3) is 0.455. The first-order chi connectivity index (χ1) is 6.91. The van der Waals surface area contributed by atoms with Crippen LogP contribution < -0.4 is 5.32 Å². The molecule has 15 heavy (non-hydrogen) atoms. The first-order valence-corrected chi connectivity index (χ1v) is 4.74. The van der Waals surface area contributed by atoms with Crippen molar-refractivity contribution in [3.8, 4) is 0 Å². The lowest BCUT2D eigenvalue weighted by atomic mass is 10.2. The van der Waals surface area contributed by atoms with E-state index >= 15 is 0 Å². The van der Waals surface area contributed by atoms with Crippen LogP contribution in [0.3, 0.4) is 0 Å². The van der Waals surface area contributed by atoms with Gasteiger partial charge in [-0.15, -0.1) is 0 Å². The number of rotatable bonds is 4. The van der Waals surface area contributed by atoms with Crippen molar-refractivity contribution in [1.29, 1.82) is 0 Å². The molecule has 0 atom stereocenters. The van der Waals surface area contributed by atoms with Gasteiger partial charge in [-0.1, -0.05) is 12.2 Å². The molecule has 0 aliphatic rings. The second-order valence-electron chi connectivity index (χ2n) is 3.00. The van der Waals surface area contributed by atoms with Crippen molar-refractivity contribution in [2.75, 3.05) is 6.54 Å². The number of nitrogens with one attached hydrogen (secondary N) is 1. The molecule has 0 rings (SSSR count). The molecule has 0 aromatic heterocycles. The van der Waals surface area contributed by atoms with Crippen LogP contribution in [0.15, 0.2) is 35.6 Å². The van der Waals surface area contributed by atoms with Crippen LogP contribution in [0.4, 0.5) is 13.2 Å². The molecule has 0 unspecified atom stereocenters. The maximum Gasteiger partial charge on any atom is 0.412 e. The molecule has 4 heteroatoms. The smallest absolute Gasteiger partial charge is 0.385 e. The third-order valence-electron chi connectivity index (χ3n) is 1.69. The van der Waals surface area contributed by atoms with E-state index in [9.17, 15) is 13.2 Å². The zero-order valence-electron chi connectivity index (χ0n) is 9.15. The van der Waals surface area contributed by atoms with Gasteiger partial charge in [-0.05, 0) is 32.9 Å². The van der Waals surface area contributed by atoms with Crippen molar-refractivity contribution in [1.82, 2.24) is 5.32 Å². The maximum absolute atomic E-state index is 12.1. The molecule has 86 valence electrons. The summed E-state index contributed by atoms with van der Waals surface area (Å²) in [6.45, 7) is 5.42. The van der Waals surface area contributed by atoms with Crippen LogP contribution in [0.2, 0.25) is 0 Å². The molecule has 0 aromatic carbocycles. The second kappa shape index (κ2) is 6.32. The van der Waals surface area contributed by atoms with E-state index in [2.05, 4.69) is 5.32 Å². The minimum absolute atomic E-state index is 0.609. The van der Waals surface area contributed by atoms with Crippen molar-refractivity contribution in [2.45, 2.75) is 26.9 Å². The molecule has 0 amide bonds. The van der Waals surface area contributed by atoms with Crippen LogP contribution in [0, 0.1) is 0 Å². The second-order valence-corrected chi connectivity index (χ2v) is 3.00. The summed E-state index contributed by atoms with van der Waals surface area (Å²) in [5.41, 5.74) is 0.0611. The molecule has 0 heterocycles. The molecule has 1 N–H and O–H groups in total. The number of hydrogen-bond donors (Lipinski definition) is 1. The van der Waals surface area contributed by atoms with Gasteiger partial charge in [0, 0.05) is 17.8 Å². The van der Waals surface area contributed by atoms with Crippen molar-refractivity contribution >= 4 is 0 Å². The van der Waals surface area contributed by atoms with Crippen molar-refractivity contribution in [3.05, 3.63) is 35.6 Å². The van der Waals surface area contributed by atoms with E-state index in [1.165, 1.54) is 6.08 Å². The standard InChI is InChI=1S/C11H16F3N/c1-4-6-10(15-5-2)8-7-9(3)11(12,13)14/h4,6-8,15H,5H2,1-3H3/b6-4-,9-7+,10-8+. The lowest BCUT2D eigenvalue weighted by molar-refractivity contribution is -0.0912. The van der Waals surface area contributed by atoms with E-state index in [1.54, 1.807) is 12.2 Å². The minimum Gasteiger partial charge on any atom is -0.385 e. The summed E-state index contributed by atoms with van der Waals surface area (Å²) >= 11 is 0. The Labute approximate surface area is 88.4 Å². The average Bonchev–Trinajstić information content (AvgIpc) is 2.12. The van der Waals surface area contributed by atoms with Crippen LogP contribution >= 0.6 is 0 Å². The molecular formula is C11H16F3N. The van der Waals surface area contributed by atoms with Gasteiger partial charge in [0.25, 0.3) is 0 Å². The quantitative estimate of drug-likeness (QED) is 0.713. The van der Waals surface area contributed by atoms with Gasteiger partial charge in [0.2, 0.25) is 0 Å². The average molecular weight is 219 g/mol. The molecule has 0 saturated heterocycles. The molecule has 0 saturated carbocycles. The third-order valence-corrected chi connectivity index (χ3v) is 1.69. The van der Waals surface area contributed by atoms with Crippen molar-refractivity contribution in [3.63, 3.8) is 0 Å². The van der Waals surface area contributed by atoms with Gasteiger partial charge >= 0.3 is 6.18 Å². The van der Waals surface area contributed by atoms with E-state index in [0.717, 1.165) is 13.0 Å². The van der Waals surface area contributed by atoms with Crippen LogP contribution in [-0.2, 0) is 0 Å². The number of alkyl halides is 3. The SMILES string of the molecule is C\C=C/C(=C\C=C(/C)C(F)(F)F)NCC. The molecule has 0 aromatic rings. The molecule has 0 radical (unpaired) electrons. The summed E-state index contributed by atoms with van der Waals surface area (Å²) in [4.78, 5) is 0. The molecule has 0 spiro atoms. The Bertz CT molecular complexity index is 272. The van der Waals surface area contributed by atoms with Gasteiger partial charge in [-0.2, -0.15) is 13.2 Å². The molecule has 0 bridgehead atoms. The molecular weight excluding hydrogens is 203 g/mol. The van der Waals surface area contributed by atoms with Gasteiger partial charge < -0.3 is 5.32 Å². The van der Waals surface area contributed by atoms with Crippen LogP contribution in [0.25, 0.3) is 0 Å². The van der Waals surface area contributed by atoms with Crippen molar-refractivity contribution in [2.24, 2.45) is 0 Å². The Morgan fingerprint density at radius 2 is 1.87 bits per heavy atom. The summed E-state index contributed by atoms with van der Waals surface area (Å²) in [5, 5.41) is 2.95. The normalized spacial score (nSPS) is 14.8. The summed E-state index contributed by atoms with van der Waals surface area (Å²) in [6.07, 6.45) is 1.74. The largest absolute Gasteiger partial charge is 0.412 e. The van der Waals surface area contributed by atoms with Gasteiger partial charge in [-0.3, -0.25) is 0 Å². The van der Waals surface area contributed by atoms with Gasteiger partial charge in [0.05, 0.1) is 0 Å². The highest BCUT2D eigenvalue weighted by molar-refractivity contribution is 5.25. The minimum atomic E-state index is -4.25. The summed E-state index contributed by atoms with van der Waals surface area (Å²) in [7, 11) is 0. The Morgan fingerprint density at radius 3 is 2.27 bits per heavy atom. The lowest BCUT2D eigenvalue weighted by Crippen LogP contribution is -2.11. The monoisotopic (exact) mass is 219 g/mol. The Kier molecular flexibility index (Phi) is 5.82. The van der Waals surface area contributed by atoms with Gasteiger partial charge in [0.15, 0.2) is 0 Å². The molecule has 1 nitrogen and oxygen atoms in total. The van der Waals surface area contributed by atoms with Crippen LogP contribution in [0.5, 0.6) is 0 Å². The van der Waals surface area contributed by atoms with Gasteiger partial charge in [-0.25, -0.2) is 0 Å². The Morgan fingerprint density at radius 1 is 1.27 bits per heavy atom.